The van der Waals surface area contributed by atoms with Gasteiger partial charge in [-0.3, -0.25) is 9.59 Å². The van der Waals surface area contributed by atoms with E-state index >= 15 is 0 Å². The van der Waals surface area contributed by atoms with Crippen molar-refractivity contribution in [1.29, 1.82) is 0 Å². The third-order valence-corrected chi connectivity index (χ3v) is 10.4. The van der Waals surface area contributed by atoms with Crippen molar-refractivity contribution < 1.29 is 67.8 Å². The van der Waals surface area contributed by atoms with E-state index in [0.29, 0.717) is 19.3 Å². The standard InChI is InChI=1S/C26H41NO7S.Na/c1-15(4-7-23(31)27-10-11-35(32,33)34)18-5-6-19-24-20(14-22(30)26(18,19)3)25(2)9-8-17(28)12-16(25)13-21(24)29;/h12,15,18-22,24,29-30H,4-11,13-14H2,1-3H3,(H,27,31)(H,32,33,34);/q;+1/p-1/t15-,18-,19+,20+,21-,22+,24+,25+,26-;/m1./s1/i10D2,11D2;. The molecule has 0 unspecified atom stereocenters. The Hall–Kier alpha value is -0.290. The van der Waals surface area contributed by atoms with Crippen LogP contribution in [0.1, 0.15) is 77.6 Å². The molecule has 8 nitrogen and oxygen atoms in total. The van der Waals surface area contributed by atoms with Gasteiger partial charge in [0.25, 0.3) is 0 Å². The molecule has 0 bridgehead atoms. The fraction of sp³-hybridized carbons (Fsp3) is 0.846. The Morgan fingerprint density at radius 3 is 2.67 bits per heavy atom. The monoisotopic (exact) mass is 537 g/mol. The average molecular weight is 538 g/mol. The number of rotatable bonds is 7. The summed E-state index contributed by atoms with van der Waals surface area (Å²) in [7, 11) is -5.68. The molecule has 9 atom stereocenters. The summed E-state index contributed by atoms with van der Waals surface area (Å²) in [4.78, 5) is 24.6. The third kappa shape index (κ3) is 5.54. The van der Waals surface area contributed by atoms with Gasteiger partial charge in [0.15, 0.2) is 5.78 Å². The molecular formula is C26H40NNaO7S. The molecule has 3 fully saturated rings. The molecule has 0 aromatic heterocycles. The van der Waals surface area contributed by atoms with Crippen LogP contribution in [0.25, 0.3) is 0 Å². The minimum Gasteiger partial charge on any atom is -0.748 e. The molecule has 0 heterocycles. The van der Waals surface area contributed by atoms with E-state index in [1.165, 1.54) is 0 Å². The van der Waals surface area contributed by atoms with Crippen molar-refractivity contribution in [2.45, 2.75) is 84.3 Å². The summed E-state index contributed by atoms with van der Waals surface area (Å²) in [6, 6.07) is 0. The molecule has 198 valence electrons. The molecule has 1 amide bonds. The molecule has 10 heteroatoms. The predicted molar refractivity (Wildman–Crippen MR) is 129 cm³/mol. The van der Waals surface area contributed by atoms with E-state index in [1.807, 2.05) is 6.92 Å². The molecule has 0 aromatic carbocycles. The number of carbonyl (C=O) groups is 2. The molecule has 0 radical (unpaired) electrons. The van der Waals surface area contributed by atoms with Crippen LogP contribution in [0.2, 0.25) is 0 Å². The van der Waals surface area contributed by atoms with Crippen LogP contribution in [0.15, 0.2) is 11.6 Å². The Labute approximate surface area is 242 Å². The van der Waals surface area contributed by atoms with Crippen molar-refractivity contribution in [2.24, 2.45) is 40.4 Å². The van der Waals surface area contributed by atoms with E-state index in [0.717, 1.165) is 24.8 Å². The normalized spacial score (nSPS) is 43.2. The van der Waals surface area contributed by atoms with Crippen LogP contribution in [0, 0.1) is 40.4 Å². The third-order valence-electron chi connectivity index (χ3n) is 10.1. The van der Waals surface area contributed by atoms with Crippen LogP contribution in [-0.4, -0.2) is 59.3 Å². The molecule has 3 saturated carbocycles. The number of nitrogens with one attached hydrogen (secondary N) is 1. The molecule has 4 aliphatic carbocycles. The second-order valence-electron chi connectivity index (χ2n) is 11.7. The number of fused-ring (bicyclic) bond motifs is 5. The van der Waals surface area contributed by atoms with E-state index in [-0.39, 0.29) is 83.2 Å². The van der Waals surface area contributed by atoms with Gasteiger partial charge in [0.1, 0.15) is 0 Å². The van der Waals surface area contributed by atoms with Crippen LogP contribution in [0.5, 0.6) is 0 Å². The molecule has 0 aliphatic heterocycles. The van der Waals surface area contributed by atoms with Crippen LogP contribution in [0.4, 0.5) is 0 Å². The van der Waals surface area contributed by atoms with Crippen LogP contribution in [-0.2, 0) is 19.7 Å². The maximum atomic E-state index is 12.5. The van der Waals surface area contributed by atoms with Crippen LogP contribution in [0.3, 0.4) is 0 Å². The number of ketones is 1. The van der Waals surface area contributed by atoms with E-state index in [4.69, 9.17) is 5.48 Å². The first kappa shape index (κ1) is 24.7. The fourth-order valence-electron chi connectivity index (χ4n) is 8.24. The van der Waals surface area contributed by atoms with Gasteiger partial charge in [-0.1, -0.05) is 26.3 Å². The first-order chi connectivity index (χ1) is 17.8. The SMILES string of the molecule is [2H]C([2H])(NC(=O)CC[C@@H](C)[C@H]1CC[C@H]2[C@@H]3[C@H](O)CC4=CC(=O)CC[C@]4(C)[C@H]3C[C@H](O)[C@]12C)C([2H])([2H])S(=O)(=O)[O-].[Na+]. The largest absolute Gasteiger partial charge is 1.00 e. The summed E-state index contributed by atoms with van der Waals surface area (Å²) in [5, 5.41) is 24.6. The molecule has 4 aliphatic rings. The molecule has 3 N–H and O–H groups in total. The maximum absolute atomic E-state index is 12.5. The van der Waals surface area contributed by atoms with Gasteiger partial charge in [-0.25, -0.2) is 8.42 Å². The zero-order valence-electron chi connectivity index (χ0n) is 25.6. The number of hydrogen-bond acceptors (Lipinski definition) is 7. The van der Waals surface area contributed by atoms with Crippen molar-refractivity contribution in [3.8, 4) is 0 Å². The zero-order chi connectivity index (χ0) is 29.3. The van der Waals surface area contributed by atoms with Crippen molar-refractivity contribution >= 4 is 21.8 Å². The summed E-state index contributed by atoms with van der Waals surface area (Å²) < 4.78 is 63.5. The molecule has 0 saturated heterocycles. The first-order valence-electron chi connectivity index (χ1n) is 14.6. The van der Waals surface area contributed by atoms with Gasteiger partial charge in [0.05, 0.1) is 30.8 Å². The topological polar surface area (TPSA) is 144 Å². The van der Waals surface area contributed by atoms with Gasteiger partial charge in [-0.2, -0.15) is 0 Å². The van der Waals surface area contributed by atoms with Gasteiger partial charge < -0.3 is 20.1 Å². The van der Waals surface area contributed by atoms with Gasteiger partial charge >= 0.3 is 29.6 Å². The average Bonchev–Trinajstić information content (AvgIpc) is 3.16. The van der Waals surface area contributed by atoms with Gasteiger partial charge in [-0.05, 0) is 85.0 Å². The van der Waals surface area contributed by atoms with E-state index in [2.05, 4.69) is 13.8 Å². The van der Waals surface area contributed by atoms with Crippen molar-refractivity contribution in [3.63, 3.8) is 0 Å². The first-order valence-corrected chi connectivity index (χ1v) is 14.0. The summed E-state index contributed by atoms with van der Waals surface area (Å²) in [6.45, 7) is 2.77. The van der Waals surface area contributed by atoms with Gasteiger partial charge in [0, 0.05) is 22.1 Å². The Balaban J connectivity index is 0.00000441. The smallest absolute Gasteiger partial charge is 0.748 e. The van der Waals surface area contributed by atoms with E-state index in [1.54, 1.807) is 11.4 Å². The van der Waals surface area contributed by atoms with Crippen molar-refractivity contribution in [2.75, 3.05) is 12.2 Å². The number of hydrogen-bond donors (Lipinski definition) is 3. The Morgan fingerprint density at radius 1 is 1.31 bits per heavy atom. The van der Waals surface area contributed by atoms with Gasteiger partial charge in [-0.15, -0.1) is 0 Å². The zero-order valence-corrected chi connectivity index (χ0v) is 24.4. The molecular weight excluding hydrogens is 493 g/mol. The Bertz CT molecular complexity index is 1170. The van der Waals surface area contributed by atoms with Crippen molar-refractivity contribution in [3.05, 3.63) is 11.6 Å². The molecule has 0 aromatic rings. The quantitative estimate of drug-likeness (QED) is 0.284. The Morgan fingerprint density at radius 2 is 2.00 bits per heavy atom. The fourth-order valence-corrected chi connectivity index (χ4v) is 8.42. The second-order valence-corrected chi connectivity index (χ2v) is 12.8. The Kier molecular flexibility index (Phi) is 7.60. The number of amides is 1. The number of carbonyl (C=O) groups excluding carboxylic acids is 2. The number of aliphatic hydroxyl groups excluding tert-OH is 2. The maximum Gasteiger partial charge on any atom is 1.00 e. The predicted octanol–water partition coefficient (Wildman–Crippen LogP) is -0.842. The van der Waals surface area contributed by atoms with E-state index in [9.17, 15) is 32.8 Å². The molecule has 0 spiro atoms. The summed E-state index contributed by atoms with van der Waals surface area (Å²) >= 11 is 0. The number of aliphatic hydroxyl groups is 2. The van der Waals surface area contributed by atoms with Gasteiger partial charge in [0.2, 0.25) is 5.91 Å². The summed E-state index contributed by atoms with van der Waals surface area (Å²) in [5.41, 5.74) is -3.59. The summed E-state index contributed by atoms with van der Waals surface area (Å²) in [5.74, 6) is -0.789. The molecule has 4 rings (SSSR count). The van der Waals surface area contributed by atoms with Crippen LogP contribution < -0.4 is 34.9 Å². The van der Waals surface area contributed by atoms with Crippen LogP contribution >= 0.6 is 0 Å². The minimum atomic E-state index is -5.68. The summed E-state index contributed by atoms with van der Waals surface area (Å²) in [6.07, 6.45) is 4.29. The van der Waals surface area contributed by atoms with E-state index < -0.39 is 45.9 Å². The second kappa shape index (κ2) is 11.1. The van der Waals surface area contributed by atoms with Crippen molar-refractivity contribution in [1.82, 2.24) is 5.32 Å². The molecule has 36 heavy (non-hydrogen) atoms. The minimum absolute atomic E-state index is 0.